The molecule has 0 saturated carbocycles. The first-order valence-electron chi connectivity index (χ1n) is 13.1. The van der Waals surface area contributed by atoms with E-state index in [1.165, 1.54) is 16.0 Å². The van der Waals surface area contributed by atoms with Crippen molar-refractivity contribution < 1.29 is 4.79 Å². The van der Waals surface area contributed by atoms with E-state index in [-0.39, 0.29) is 11.3 Å². The minimum Gasteiger partial charge on any atom is -0.322 e. The molecule has 0 aliphatic rings. The van der Waals surface area contributed by atoms with Crippen molar-refractivity contribution in [1.29, 1.82) is 0 Å². The summed E-state index contributed by atoms with van der Waals surface area (Å²) in [6.45, 7) is 10.1. The highest BCUT2D eigenvalue weighted by atomic mass is 35.5. The highest BCUT2D eigenvalue weighted by Crippen LogP contribution is 2.38. The van der Waals surface area contributed by atoms with Crippen LogP contribution in [0.3, 0.4) is 0 Å². The molecule has 0 spiro atoms. The maximum atomic E-state index is 12.8. The van der Waals surface area contributed by atoms with Gasteiger partial charge in [0.2, 0.25) is 5.13 Å². The Labute approximate surface area is 255 Å². The number of aromatic amines is 1. The highest BCUT2D eigenvalue weighted by Gasteiger charge is 2.27. The zero-order chi connectivity index (χ0) is 29.8. The first-order valence-corrected chi connectivity index (χ1v) is 14.7. The first kappa shape index (κ1) is 28.0. The molecule has 0 bridgehead atoms. The standard InChI is InChI=1S/C30H26Cl2N8OS/c1-15-10-16(2)12-18(11-15)28(41)33-19-8-6-17(7-9-19)26-35-27-24(25(30(3,4)5)38-40(27)39-26)36-37-29-34-22-13-20(31)21(32)14-23(22)42-29/h6-14H,1-5H3,(H,33,41)(H,35,39). The molecule has 6 rings (SSSR count). The van der Waals surface area contributed by atoms with Crippen LogP contribution in [-0.4, -0.2) is 30.7 Å². The number of anilines is 1. The van der Waals surface area contributed by atoms with Crippen LogP contribution >= 0.6 is 34.5 Å². The number of hydrogen-bond acceptors (Lipinski definition) is 7. The van der Waals surface area contributed by atoms with Gasteiger partial charge in [-0.15, -0.1) is 20.0 Å². The number of azo groups is 1. The van der Waals surface area contributed by atoms with Crippen molar-refractivity contribution in [3.63, 3.8) is 0 Å². The van der Waals surface area contributed by atoms with Crippen LogP contribution in [0.1, 0.15) is 48.0 Å². The van der Waals surface area contributed by atoms with Gasteiger partial charge in [0.05, 0.1) is 26.0 Å². The van der Waals surface area contributed by atoms with Crippen LogP contribution in [0, 0.1) is 13.8 Å². The molecule has 2 N–H and O–H groups in total. The monoisotopic (exact) mass is 616 g/mol. The van der Waals surface area contributed by atoms with Gasteiger partial charge in [-0.1, -0.05) is 72.5 Å². The van der Waals surface area contributed by atoms with Crippen LogP contribution in [0.5, 0.6) is 0 Å². The van der Waals surface area contributed by atoms with Crippen LogP contribution in [0.15, 0.2) is 64.8 Å². The number of nitrogens with zero attached hydrogens (tertiary/aromatic N) is 6. The second-order valence-electron chi connectivity index (χ2n) is 11.1. The fraction of sp³-hybridized carbons (Fsp3) is 0.200. The van der Waals surface area contributed by atoms with E-state index >= 15 is 0 Å². The highest BCUT2D eigenvalue weighted by molar-refractivity contribution is 7.22. The number of fused-ring (bicyclic) bond motifs is 2. The zero-order valence-corrected chi connectivity index (χ0v) is 25.8. The molecule has 0 atom stereocenters. The normalized spacial score (nSPS) is 12.2. The van der Waals surface area contributed by atoms with Gasteiger partial charge in [-0.25, -0.2) is 4.98 Å². The molecule has 0 radical (unpaired) electrons. The van der Waals surface area contributed by atoms with E-state index in [1.54, 1.807) is 12.1 Å². The van der Waals surface area contributed by atoms with Crippen molar-refractivity contribution in [2.45, 2.75) is 40.0 Å². The third-order valence-electron chi connectivity index (χ3n) is 6.54. The number of aryl methyl sites for hydroxylation is 2. The zero-order valence-electron chi connectivity index (χ0n) is 23.5. The Morgan fingerprint density at radius 1 is 0.952 bits per heavy atom. The number of amides is 1. The van der Waals surface area contributed by atoms with Crippen LogP contribution in [0.2, 0.25) is 10.0 Å². The van der Waals surface area contributed by atoms with Crippen LogP contribution < -0.4 is 5.32 Å². The maximum absolute atomic E-state index is 12.8. The molecule has 3 heterocycles. The molecule has 0 aliphatic heterocycles. The largest absolute Gasteiger partial charge is 0.322 e. The SMILES string of the molecule is Cc1cc(C)cc(C(=O)Nc2ccc(-c3nn4nc(C(C)(C)C)c(N=Nc5nc6cc(Cl)c(Cl)cc6s5)c4[nH]3)cc2)c1. The van der Waals surface area contributed by atoms with E-state index in [0.29, 0.717) is 49.1 Å². The lowest BCUT2D eigenvalue weighted by molar-refractivity contribution is 0.102. The molecule has 1 amide bonds. The van der Waals surface area contributed by atoms with Gasteiger partial charge in [-0.3, -0.25) is 4.79 Å². The summed E-state index contributed by atoms with van der Waals surface area (Å²) in [5.74, 6) is 0.445. The Kier molecular flexibility index (Phi) is 7.08. The van der Waals surface area contributed by atoms with Crippen molar-refractivity contribution in [2.75, 3.05) is 5.32 Å². The third-order valence-corrected chi connectivity index (χ3v) is 8.16. The lowest BCUT2D eigenvalue weighted by Crippen LogP contribution is -2.12. The van der Waals surface area contributed by atoms with Gasteiger partial charge >= 0.3 is 0 Å². The van der Waals surface area contributed by atoms with Gasteiger partial charge in [0.15, 0.2) is 17.2 Å². The molecule has 6 aromatic rings. The quantitative estimate of drug-likeness (QED) is 0.188. The second-order valence-corrected chi connectivity index (χ2v) is 12.9. The molecule has 0 fully saturated rings. The van der Waals surface area contributed by atoms with E-state index in [9.17, 15) is 4.79 Å². The number of rotatable bonds is 5. The molecule has 0 aliphatic carbocycles. The predicted octanol–water partition coefficient (Wildman–Crippen LogP) is 9.22. The van der Waals surface area contributed by atoms with E-state index < -0.39 is 0 Å². The van der Waals surface area contributed by atoms with E-state index in [4.69, 9.17) is 28.3 Å². The molecule has 9 nitrogen and oxygen atoms in total. The van der Waals surface area contributed by atoms with Gasteiger partial charge in [-0.2, -0.15) is 5.10 Å². The van der Waals surface area contributed by atoms with Crippen molar-refractivity contribution in [3.05, 3.63) is 87.0 Å². The van der Waals surface area contributed by atoms with Crippen molar-refractivity contribution >= 4 is 72.8 Å². The molecular formula is C30H26Cl2N8OS. The molecule has 42 heavy (non-hydrogen) atoms. The lowest BCUT2D eigenvalue weighted by Gasteiger charge is -2.15. The number of carbonyl (C=O) groups excluding carboxylic acids is 1. The Morgan fingerprint density at radius 3 is 2.33 bits per heavy atom. The summed E-state index contributed by atoms with van der Waals surface area (Å²) in [5, 5.41) is 22.7. The smallest absolute Gasteiger partial charge is 0.255 e. The molecule has 0 unspecified atom stereocenters. The number of nitrogens with one attached hydrogen (secondary N) is 2. The summed E-state index contributed by atoms with van der Waals surface area (Å²) in [6.07, 6.45) is 0. The number of hydrogen-bond donors (Lipinski definition) is 2. The number of thiazole rings is 1. The van der Waals surface area contributed by atoms with Crippen molar-refractivity contribution in [1.82, 2.24) is 24.8 Å². The average Bonchev–Trinajstić information content (AvgIpc) is 3.60. The minimum atomic E-state index is -0.312. The fourth-order valence-electron chi connectivity index (χ4n) is 4.61. The lowest BCUT2D eigenvalue weighted by atomic mass is 9.91. The molecule has 3 aromatic carbocycles. The van der Waals surface area contributed by atoms with Crippen molar-refractivity contribution in [2.24, 2.45) is 10.2 Å². The van der Waals surface area contributed by atoms with Gasteiger partial charge in [-0.05, 0) is 62.4 Å². The fourth-order valence-corrected chi connectivity index (χ4v) is 5.80. The Balaban J connectivity index is 1.29. The predicted molar refractivity (Wildman–Crippen MR) is 169 cm³/mol. The molecule has 12 heteroatoms. The van der Waals surface area contributed by atoms with Gasteiger partial charge in [0.1, 0.15) is 0 Å². The molecule has 0 saturated heterocycles. The Bertz CT molecular complexity index is 1960. The van der Waals surface area contributed by atoms with Crippen LogP contribution in [0.25, 0.3) is 27.3 Å². The number of benzene rings is 3. The second kappa shape index (κ2) is 10.6. The van der Waals surface area contributed by atoms with Gasteiger partial charge < -0.3 is 10.3 Å². The number of H-pyrrole nitrogens is 1. The van der Waals surface area contributed by atoms with E-state index in [2.05, 4.69) is 51.4 Å². The summed E-state index contributed by atoms with van der Waals surface area (Å²) >= 11 is 13.7. The minimum absolute atomic E-state index is 0.157. The van der Waals surface area contributed by atoms with Crippen LogP contribution in [0.4, 0.5) is 16.5 Å². The summed E-state index contributed by atoms with van der Waals surface area (Å²) in [6, 6.07) is 16.7. The van der Waals surface area contributed by atoms with Gasteiger partial charge in [0, 0.05) is 22.2 Å². The third kappa shape index (κ3) is 5.53. The molecule has 212 valence electrons. The average molecular weight is 618 g/mol. The number of halogens is 2. The summed E-state index contributed by atoms with van der Waals surface area (Å²) in [7, 11) is 0. The number of carbonyl (C=O) groups is 1. The van der Waals surface area contributed by atoms with E-state index in [1.807, 2.05) is 56.3 Å². The summed E-state index contributed by atoms with van der Waals surface area (Å²) in [4.78, 5) is 20.6. The molecular weight excluding hydrogens is 591 g/mol. The van der Waals surface area contributed by atoms with Crippen LogP contribution in [-0.2, 0) is 5.41 Å². The summed E-state index contributed by atoms with van der Waals surface area (Å²) in [5.41, 5.74) is 6.54. The van der Waals surface area contributed by atoms with Crippen molar-refractivity contribution in [3.8, 4) is 11.4 Å². The number of aromatic nitrogens is 5. The van der Waals surface area contributed by atoms with E-state index in [0.717, 1.165) is 27.1 Å². The Hall–Kier alpha value is -4.12. The first-order chi connectivity index (χ1) is 19.9. The summed E-state index contributed by atoms with van der Waals surface area (Å²) < 4.78 is 2.41. The molecule has 3 aromatic heterocycles. The topological polar surface area (TPSA) is 113 Å². The maximum Gasteiger partial charge on any atom is 0.255 e. The van der Waals surface area contributed by atoms with Gasteiger partial charge in [0.25, 0.3) is 5.91 Å². The Morgan fingerprint density at radius 2 is 1.64 bits per heavy atom.